The second kappa shape index (κ2) is 8.04. The van der Waals surface area contributed by atoms with Crippen LogP contribution >= 0.6 is 0 Å². The Morgan fingerprint density at radius 1 is 1.23 bits per heavy atom. The van der Waals surface area contributed by atoms with Crippen LogP contribution in [0.5, 0.6) is 0 Å². The van der Waals surface area contributed by atoms with Gasteiger partial charge in [-0.05, 0) is 56.0 Å². The molecular weight excluding hydrogens is 382 g/mol. The normalized spacial score (nSPS) is 31.2. The van der Waals surface area contributed by atoms with Crippen molar-refractivity contribution >= 4 is 17.8 Å². The van der Waals surface area contributed by atoms with Gasteiger partial charge >= 0.3 is 0 Å². The molecule has 4 atom stereocenters. The van der Waals surface area contributed by atoms with E-state index in [1.807, 2.05) is 4.90 Å². The molecule has 8 heteroatoms. The molecule has 3 fully saturated rings. The van der Waals surface area contributed by atoms with E-state index in [4.69, 9.17) is 4.52 Å². The molecule has 0 spiro atoms. The van der Waals surface area contributed by atoms with Gasteiger partial charge in [-0.2, -0.15) is 4.98 Å². The second-order valence-electron chi connectivity index (χ2n) is 9.31. The summed E-state index contributed by atoms with van der Waals surface area (Å²) in [6.45, 7) is 3.88. The van der Waals surface area contributed by atoms with Gasteiger partial charge in [-0.25, -0.2) is 0 Å². The van der Waals surface area contributed by atoms with Gasteiger partial charge in [0, 0.05) is 44.9 Å². The van der Waals surface area contributed by atoms with Crippen molar-refractivity contribution in [2.45, 2.75) is 70.4 Å². The van der Waals surface area contributed by atoms with Crippen molar-refractivity contribution in [3.05, 3.63) is 17.5 Å². The zero-order valence-electron chi connectivity index (χ0n) is 17.7. The Kier molecular flexibility index (Phi) is 5.25. The first kappa shape index (κ1) is 19.6. The standard InChI is InChI=1S/C22H31N5O3/c1-14-24-22(25-30-14)26-12-16-10-17(13-26)20(27-18(16)8-5-9-19(27)28)21(29)23-11-15-6-3-2-4-7-15/h6,16-18,20H,2-5,7-13H2,1H3,(H,23,29)/t16-,17+,18+,20-/m1/s1. The van der Waals surface area contributed by atoms with Crippen molar-refractivity contribution in [1.29, 1.82) is 0 Å². The van der Waals surface area contributed by atoms with Crippen molar-refractivity contribution in [3.8, 4) is 0 Å². The number of allylic oxidation sites excluding steroid dienone is 1. The molecule has 3 aliphatic heterocycles. The maximum Gasteiger partial charge on any atom is 0.266 e. The summed E-state index contributed by atoms with van der Waals surface area (Å²) in [6, 6.07) is -0.276. The van der Waals surface area contributed by atoms with Crippen LogP contribution in [-0.2, 0) is 9.59 Å². The van der Waals surface area contributed by atoms with Gasteiger partial charge in [0.05, 0.1) is 0 Å². The summed E-state index contributed by atoms with van der Waals surface area (Å²) in [7, 11) is 0. The van der Waals surface area contributed by atoms with Gasteiger partial charge in [-0.3, -0.25) is 9.59 Å². The lowest BCUT2D eigenvalue weighted by molar-refractivity contribution is -0.156. The lowest BCUT2D eigenvalue weighted by Gasteiger charge is -2.55. The number of aromatic nitrogens is 2. The predicted octanol–water partition coefficient (Wildman–Crippen LogP) is 2.20. The number of aryl methyl sites for hydroxylation is 1. The Bertz CT molecular complexity index is 850. The number of piperidine rings is 3. The second-order valence-corrected chi connectivity index (χ2v) is 9.31. The van der Waals surface area contributed by atoms with Crippen LogP contribution in [0.15, 0.2) is 16.2 Å². The molecule has 1 aromatic heterocycles. The molecule has 4 aliphatic rings. The number of carbonyl (C=O) groups excluding carboxylic acids is 2. The molecule has 3 saturated heterocycles. The number of rotatable bonds is 4. The van der Waals surface area contributed by atoms with Crippen LogP contribution in [0.3, 0.4) is 0 Å². The minimum absolute atomic E-state index is 0.00341. The van der Waals surface area contributed by atoms with E-state index >= 15 is 0 Å². The predicted molar refractivity (Wildman–Crippen MR) is 111 cm³/mol. The SMILES string of the molecule is Cc1nc(N2C[C@H]3C[C@@H](C2)[C@H](C(=O)NCC2=CCCCC2)N2C(=O)CCC[C@@H]32)no1. The number of carbonyl (C=O) groups is 2. The third-order valence-corrected chi connectivity index (χ3v) is 7.28. The first-order chi connectivity index (χ1) is 14.6. The lowest BCUT2D eigenvalue weighted by atomic mass is 9.72. The first-order valence-corrected chi connectivity index (χ1v) is 11.4. The monoisotopic (exact) mass is 413 g/mol. The molecule has 1 N–H and O–H groups in total. The molecule has 5 rings (SSSR count). The number of amides is 2. The average Bonchev–Trinajstić information content (AvgIpc) is 3.20. The topological polar surface area (TPSA) is 91.6 Å². The summed E-state index contributed by atoms with van der Waals surface area (Å²) in [4.78, 5) is 34.8. The van der Waals surface area contributed by atoms with Gasteiger partial charge in [0.2, 0.25) is 17.7 Å². The molecule has 2 bridgehead atoms. The number of nitrogens with zero attached hydrogens (tertiary/aromatic N) is 4. The average molecular weight is 414 g/mol. The minimum atomic E-state index is -0.404. The van der Waals surface area contributed by atoms with Crippen LogP contribution in [0.1, 0.15) is 57.3 Å². The van der Waals surface area contributed by atoms with Crippen molar-refractivity contribution in [2.24, 2.45) is 11.8 Å². The van der Waals surface area contributed by atoms with Gasteiger partial charge in [0.1, 0.15) is 6.04 Å². The maximum absolute atomic E-state index is 13.4. The summed E-state index contributed by atoms with van der Waals surface area (Å²) in [6.07, 6.45) is 10.3. The summed E-state index contributed by atoms with van der Waals surface area (Å²) < 4.78 is 5.19. The highest BCUT2D eigenvalue weighted by atomic mass is 16.5. The highest BCUT2D eigenvalue weighted by Crippen LogP contribution is 2.42. The summed E-state index contributed by atoms with van der Waals surface area (Å²) >= 11 is 0. The number of nitrogens with one attached hydrogen (secondary N) is 1. The van der Waals surface area contributed by atoms with E-state index in [-0.39, 0.29) is 23.8 Å². The molecule has 4 heterocycles. The molecule has 1 aromatic rings. The fourth-order valence-corrected chi connectivity index (χ4v) is 5.94. The van der Waals surface area contributed by atoms with E-state index in [1.54, 1.807) is 6.92 Å². The number of hydrogen-bond donors (Lipinski definition) is 1. The molecule has 0 saturated carbocycles. The van der Waals surface area contributed by atoms with Gasteiger partial charge < -0.3 is 19.6 Å². The maximum atomic E-state index is 13.4. The highest BCUT2D eigenvalue weighted by molar-refractivity contribution is 5.89. The van der Waals surface area contributed by atoms with Crippen LogP contribution in [0.4, 0.5) is 5.95 Å². The Balaban J connectivity index is 1.38. The van der Waals surface area contributed by atoms with Gasteiger partial charge in [0.15, 0.2) is 0 Å². The third-order valence-electron chi connectivity index (χ3n) is 7.28. The smallest absolute Gasteiger partial charge is 0.266 e. The minimum Gasteiger partial charge on any atom is -0.351 e. The van der Waals surface area contributed by atoms with E-state index in [0.717, 1.165) is 38.6 Å². The van der Waals surface area contributed by atoms with Crippen LogP contribution in [0, 0.1) is 18.8 Å². The number of fused-ring (bicyclic) bond motifs is 4. The lowest BCUT2D eigenvalue weighted by Crippen LogP contribution is -2.68. The number of hydrogen-bond acceptors (Lipinski definition) is 6. The van der Waals surface area contributed by atoms with E-state index in [9.17, 15) is 9.59 Å². The van der Waals surface area contributed by atoms with E-state index in [2.05, 4.69) is 26.4 Å². The fourth-order valence-electron chi connectivity index (χ4n) is 5.94. The van der Waals surface area contributed by atoms with Crippen LogP contribution in [0.2, 0.25) is 0 Å². The van der Waals surface area contributed by atoms with Crippen molar-refractivity contribution in [1.82, 2.24) is 20.4 Å². The van der Waals surface area contributed by atoms with E-state index in [0.29, 0.717) is 37.3 Å². The summed E-state index contributed by atoms with van der Waals surface area (Å²) in [5, 5.41) is 7.27. The Morgan fingerprint density at radius 2 is 2.10 bits per heavy atom. The molecule has 30 heavy (non-hydrogen) atoms. The number of anilines is 1. The van der Waals surface area contributed by atoms with Crippen molar-refractivity contribution in [3.63, 3.8) is 0 Å². The molecular formula is C22H31N5O3. The summed E-state index contributed by atoms with van der Waals surface area (Å²) in [5.74, 6) is 1.71. The zero-order chi connectivity index (χ0) is 20.7. The Labute approximate surface area is 177 Å². The quantitative estimate of drug-likeness (QED) is 0.761. The van der Waals surface area contributed by atoms with E-state index in [1.165, 1.54) is 18.4 Å². The molecule has 2 amide bonds. The Morgan fingerprint density at radius 3 is 2.87 bits per heavy atom. The zero-order valence-corrected chi connectivity index (χ0v) is 17.7. The highest BCUT2D eigenvalue weighted by Gasteiger charge is 2.52. The Hall–Kier alpha value is -2.38. The van der Waals surface area contributed by atoms with Gasteiger partial charge in [-0.15, -0.1) is 0 Å². The van der Waals surface area contributed by atoms with Crippen LogP contribution in [0.25, 0.3) is 0 Å². The van der Waals surface area contributed by atoms with Crippen molar-refractivity contribution in [2.75, 3.05) is 24.5 Å². The third kappa shape index (κ3) is 3.61. The fraction of sp³-hybridized carbons (Fsp3) is 0.727. The van der Waals surface area contributed by atoms with Gasteiger partial charge in [-0.1, -0.05) is 11.6 Å². The molecule has 0 aromatic carbocycles. The van der Waals surface area contributed by atoms with Gasteiger partial charge in [0.25, 0.3) is 5.95 Å². The van der Waals surface area contributed by atoms with E-state index < -0.39 is 6.04 Å². The largest absolute Gasteiger partial charge is 0.351 e. The summed E-state index contributed by atoms with van der Waals surface area (Å²) in [5.41, 5.74) is 1.32. The first-order valence-electron chi connectivity index (χ1n) is 11.4. The van der Waals surface area contributed by atoms with Crippen LogP contribution < -0.4 is 10.2 Å². The van der Waals surface area contributed by atoms with Crippen molar-refractivity contribution < 1.29 is 14.1 Å². The molecule has 1 aliphatic carbocycles. The molecule has 0 unspecified atom stereocenters. The molecule has 8 nitrogen and oxygen atoms in total. The molecule has 162 valence electrons. The van der Waals surface area contributed by atoms with Crippen LogP contribution in [-0.4, -0.2) is 58.6 Å². The molecule has 0 radical (unpaired) electrons.